The molecule has 118 valence electrons. The highest BCUT2D eigenvalue weighted by atomic mass is 16.5. The Kier molecular flexibility index (Phi) is 5.00. The number of primary amides is 1. The van der Waals surface area contributed by atoms with Crippen molar-refractivity contribution < 1.29 is 9.53 Å². The molecule has 1 aliphatic rings. The number of likely N-dealkylation sites (tertiary alicyclic amines) is 1. The van der Waals surface area contributed by atoms with Crippen LogP contribution in [0.25, 0.3) is 0 Å². The molecule has 1 aromatic rings. The highest BCUT2D eigenvalue weighted by molar-refractivity contribution is 5.78. The number of rotatable bonds is 6. The number of ether oxygens (including phenoxy) is 1. The summed E-state index contributed by atoms with van der Waals surface area (Å²) in [5.74, 6) is -0.238. The fraction of sp³-hybridized carbons (Fsp3) is 0.733. The molecule has 0 radical (unpaired) electrons. The van der Waals surface area contributed by atoms with Crippen molar-refractivity contribution in [1.29, 1.82) is 0 Å². The van der Waals surface area contributed by atoms with Crippen LogP contribution in [0.4, 0.5) is 0 Å². The van der Waals surface area contributed by atoms with Crippen molar-refractivity contribution in [3.8, 4) is 0 Å². The molecule has 21 heavy (non-hydrogen) atoms. The molecule has 0 unspecified atom stereocenters. The molecule has 6 heteroatoms. The summed E-state index contributed by atoms with van der Waals surface area (Å²) in [7, 11) is 1.92. The summed E-state index contributed by atoms with van der Waals surface area (Å²) in [5.41, 5.74) is 7.83. The third kappa shape index (κ3) is 3.63. The van der Waals surface area contributed by atoms with Gasteiger partial charge < -0.3 is 10.5 Å². The average Bonchev–Trinajstić information content (AvgIpc) is 2.95. The molecule has 1 aromatic heterocycles. The number of nitrogens with two attached hydrogens (primary N) is 1. The lowest BCUT2D eigenvalue weighted by atomic mass is 9.89. The maximum atomic E-state index is 11.8. The molecule has 0 spiro atoms. The SMILES string of the molecule is Cc1c([C@H]2CN(CCOC(C)C)C[C@@H]2C(N)=O)cnn1C. The molecule has 2 N–H and O–H groups in total. The Labute approximate surface area is 126 Å². The number of hydrogen-bond acceptors (Lipinski definition) is 4. The molecule has 2 heterocycles. The van der Waals surface area contributed by atoms with Gasteiger partial charge in [0.1, 0.15) is 0 Å². The lowest BCUT2D eigenvalue weighted by Crippen LogP contribution is -2.30. The Bertz CT molecular complexity index is 498. The van der Waals surface area contributed by atoms with Crippen molar-refractivity contribution in [1.82, 2.24) is 14.7 Å². The Morgan fingerprint density at radius 2 is 2.24 bits per heavy atom. The van der Waals surface area contributed by atoms with E-state index in [1.807, 2.05) is 38.7 Å². The van der Waals surface area contributed by atoms with Crippen molar-refractivity contribution in [2.75, 3.05) is 26.2 Å². The zero-order valence-corrected chi connectivity index (χ0v) is 13.4. The van der Waals surface area contributed by atoms with Gasteiger partial charge in [-0.25, -0.2) is 0 Å². The number of aryl methyl sites for hydroxylation is 1. The van der Waals surface area contributed by atoms with E-state index >= 15 is 0 Å². The van der Waals surface area contributed by atoms with Crippen molar-refractivity contribution in [2.45, 2.75) is 32.8 Å². The molecule has 0 saturated carbocycles. The normalized spacial score (nSPS) is 23.1. The number of aromatic nitrogens is 2. The first kappa shape index (κ1) is 16.0. The molecule has 0 aromatic carbocycles. The predicted molar refractivity (Wildman–Crippen MR) is 80.9 cm³/mol. The molecule has 1 aliphatic heterocycles. The monoisotopic (exact) mass is 294 g/mol. The van der Waals surface area contributed by atoms with Gasteiger partial charge in [-0.15, -0.1) is 0 Å². The highest BCUT2D eigenvalue weighted by Gasteiger charge is 2.38. The minimum atomic E-state index is -0.226. The number of nitrogens with zero attached hydrogens (tertiary/aromatic N) is 3. The van der Waals surface area contributed by atoms with Crippen LogP contribution in [0.5, 0.6) is 0 Å². The summed E-state index contributed by atoms with van der Waals surface area (Å²) >= 11 is 0. The first-order valence-corrected chi connectivity index (χ1v) is 7.52. The zero-order valence-electron chi connectivity index (χ0n) is 13.4. The van der Waals surface area contributed by atoms with Gasteiger partial charge in [-0.05, 0) is 26.3 Å². The Hall–Kier alpha value is -1.40. The number of hydrogen-bond donors (Lipinski definition) is 1. The second-order valence-corrected chi connectivity index (χ2v) is 6.10. The molecule has 0 aliphatic carbocycles. The smallest absolute Gasteiger partial charge is 0.222 e. The molecule has 2 atom stereocenters. The predicted octanol–water partition coefficient (Wildman–Crippen LogP) is 0.654. The third-order valence-electron chi connectivity index (χ3n) is 4.29. The summed E-state index contributed by atoms with van der Waals surface area (Å²) in [6.45, 7) is 9.14. The van der Waals surface area contributed by atoms with E-state index in [1.165, 1.54) is 0 Å². The van der Waals surface area contributed by atoms with E-state index in [0.29, 0.717) is 13.2 Å². The molecule has 6 nitrogen and oxygen atoms in total. The second-order valence-electron chi connectivity index (χ2n) is 6.10. The highest BCUT2D eigenvalue weighted by Crippen LogP contribution is 2.33. The van der Waals surface area contributed by atoms with Crippen LogP contribution < -0.4 is 5.73 Å². The minimum Gasteiger partial charge on any atom is -0.377 e. The van der Waals surface area contributed by atoms with Crippen molar-refractivity contribution >= 4 is 5.91 Å². The van der Waals surface area contributed by atoms with Crippen LogP contribution in [-0.2, 0) is 16.6 Å². The first-order chi connectivity index (χ1) is 9.90. The van der Waals surface area contributed by atoms with E-state index in [9.17, 15) is 4.79 Å². The molecule has 1 saturated heterocycles. The Morgan fingerprint density at radius 3 is 2.76 bits per heavy atom. The largest absolute Gasteiger partial charge is 0.377 e. The fourth-order valence-electron chi connectivity index (χ4n) is 2.97. The van der Waals surface area contributed by atoms with E-state index in [0.717, 1.165) is 24.3 Å². The van der Waals surface area contributed by atoms with Gasteiger partial charge in [-0.1, -0.05) is 0 Å². The van der Waals surface area contributed by atoms with Crippen LogP contribution in [0.15, 0.2) is 6.20 Å². The fourth-order valence-corrected chi connectivity index (χ4v) is 2.97. The van der Waals surface area contributed by atoms with Gasteiger partial charge >= 0.3 is 0 Å². The summed E-state index contributed by atoms with van der Waals surface area (Å²) in [5, 5.41) is 4.29. The minimum absolute atomic E-state index is 0.134. The van der Waals surface area contributed by atoms with Crippen LogP contribution in [0, 0.1) is 12.8 Å². The van der Waals surface area contributed by atoms with Gasteiger partial charge in [0.2, 0.25) is 5.91 Å². The van der Waals surface area contributed by atoms with Crippen molar-refractivity contribution in [2.24, 2.45) is 18.7 Å². The van der Waals surface area contributed by atoms with Gasteiger partial charge in [0.05, 0.1) is 24.8 Å². The third-order valence-corrected chi connectivity index (χ3v) is 4.29. The lowest BCUT2D eigenvalue weighted by molar-refractivity contribution is -0.121. The molecular weight excluding hydrogens is 268 g/mol. The van der Waals surface area contributed by atoms with Gasteiger partial charge in [0, 0.05) is 38.3 Å². The summed E-state index contributed by atoms with van der Waals surface area (Å²) in [6, 6.07) is 0. The molecule has 1 amide bonds. The average molecular weight is 294 g/mol. The van der Waals surface area contributed by atoms with E-state index in [-0.39, 0.29) is 23.8 Å². The standard InChI is InChI=1S/C15H26N4O2/c1-10(2)21-6-5-19-8-13(14(9-19)15(16)20)12-7-17-18(4)11(12)3/h7,10,13-14H,5-6,8-9H2,1-4H3,(H2,16,20)/t13-,14+/m1/s1. The van der Waals surface area contributed by atoms with E-state index in [1.54, 1.807) is 0 Å². The number of carbonyl (C=O) groups excluding carboxylic acids is 1. The Morgan fingerprint density at radius 1 is 1.52 bits per heavy atom. The summed E-state index contributed by atoms with van der Waals surface area (Å²) in [6.07, 6.45) is 2.10. The van der Waals surface area contributed by atoms with E-state index in [4.69, 9.17) is 10.5 Å². The molecule has 0 bridgehead atoms. The van der Waals surface area contributed by atoms with Crippen LogP contribution >= 0.6 is 0 Å². The second kappa shape index (κ2) is 6.58. The number of amides is 1. The lowest BCUT2D eigenvalue weighted by Gasteiger charge is -2.16. The van der Waals surface area contributed by atoms with Crippen LogP contribution in [0.2, 0.25) is 0 Å². The van der Waals surface area contributed by atoms with Gasteiger partial charge in [-0.3, -0.25) is 14.4 Å². The van der Waals surface area contributed by atoms with Crippen LogP contribution in [0.3, 0.4) is 0 Å². The maximum Gasteiger partial charge on any atom is 0.222 e. The topological polar surface area (TPSA) is 73.4 Å². The van der Waals surface area contributed by atoms with Gasteiger partial charge in [0.25, 0.3) is 0 Å². The maximum absolute atomic E-state index is 11.8. The first-order valence-electron chi connectivity index (χ1n) is 7.52. The van der Waals surface area contributed by atoms with Gasteiger partial charge in [-0.2, -0.15) is 5.10 Å². The van der Waals surface area contributed by atoms with Crippen molar-refractivity contribution in [3.05, 3.63) is 17.5 Å². The van der Waals surface area contributed by atoms with Gasteiger partial charge in [0.15, 0.2) is 0 Å². The van der Waals surface area contributed by atoms with Crippen LogP contribution in [-0.4, -0.2) is 52.9 Å². The molecular formula is C15H26N4O2. The van der Waals surface area contributed by atoms with E-state index in [2.05, 4.69) is 10.00 Å². The zero-order chi connectivity index (χ0) is 15.6. The number of carbonyl (C=O) groups is 1. The quantitative estimate of drug-likeness (QED) is 0.836. The summed E-state index contributed by atoms with van der Waals surface area (Å²) < 4.78 is 7.44. The van der Waals surface area contributed by atoms with Crippen LogP contribution in [0.1, 0.15) is 31.0 Å². The molecule has 1 fully saturated rings. The van der Waals surface area contributed by atoms with E-state index < -0.39 is 0 Å². The summed E-state index contributed by atoms with van der Waals surface area (Å²) in [4.78, 5) is 14.0. The Balaban J connectivity index is 2.06. The van der Waals surface area contributed by atoms with Crippen molar-refractivity contribution in [3.63, 3.8) is 0 Å². The molecule has 2 rings (SSSR count).